The van der Waals surface area contributed by atoms with Crippen LogP contribution in [-0.2, 0) is 11.3 Å². The summed E-state index contributed by atoms with van der Waals surface area (Å²) in [6, 6.07) is 9.45. The van der Waals surface area contributed by atoms with Crippen molar-refractivity contribution < 1.29 is 9.53 Å². The van der Waals surface area contributed by atoms with Crippen LogP contribution < -0.4 is 15.4 Å². The summed E-state index contributed by atoms with van der Waals surface area (Å²) in [5, 5.41) is 14.0. The number of ether oxygens (including phenoxy) is 1. The van der Waals surface area contributed by atoms with Crippen LogP contribution in [0.15, 0.2) is 24.3 Å². The van der Waals surface area contributed by atoms with Crippen molar-refractivity contribution in [2.45, 2.75) is 19.9 Å². The molecule has 0 aliphatic rings. The minimum absolute atomic E-state index is 0.00315. The molecule has 0 aromatic heterocycles. The number of benzene rings is 1. The SMILES string of the molecule is CCCNCc1cccc(OCC(=O)NCC#N)c1. The van der Waals surface area contributed by atoms with Crippen LogP contribution in [0.5, 0.6) is 5.75 Å². The number of nitrogens with zero attached hydrogens (tertiary/aromatic N) is 1. The van der Waals surface area contributed by atoms with Crippen LogP contribution in [0.25, 0.3) is 0 Å². The lowest BCUT2D eigenvalue weighted by Gasteiger charge is -2.08. The van der Waals surface area contributed by atoms with Crippen LogP contribution in [0.2, 0.25) is 0 Å². The smallest absolute Gasteiger partial charge is 0.258 e. The first kappa shape index (κ1) is 15.0. The van der Waals surface area contributed by atoms with Crippen molar-refractivity contribution in [2.75, 3.05) is 19.7 Å². The number of hydrogen-bond acceptors (Lipinski definition) is 4. The first-order valence-electron chi connectivity index (χ1n) is 6.32. The van der Waals surface area contributed by atoms with E-state index in [0.717, 1.165) is 25.1 Å². The zero-order chi connectivity index (χ0) is 13.9. The Balaban J connectivity index is 2.39. The molecule has 0 aliphatic carbocycles. The maximum absolute atomic E-state index is 11.3. The van der Waals surface area contributed by atoms with E-state index in [1.54, 1.807) is 6.07 Å². The number of carbonyl (C=O) groups is 1. The number of carbonyl (C=O) groups excluding carboxylic acids is 1. The Labute approximate surface area is 113 Å². The normalized spacial score (nSPS) is 9.68. The monoisotopic (exact) mass is 261 g/mol. The van der Waals surface area contributed by atoms with Crippen LogP contribution >= 0.6 is 0 Å². The molecule has 0 atom stereocenters. The predicted octanol–water partition coefficient (Wildman–Crippen LogP) is 1.20. The van der Waals surface area contributed by atoms with Crippen molar-refractivity contribution in [3.63, 3.8) is 0 Å². The van der Waals surface area contributed by atoms with Crippen LogP contribution in [0.4, 0.5) is 0 Å². The van der Waals surface area contributed by atoms with Crippen LogP contribution in [0.3, 0.4) is 0 Å². The summed E-state index contributed by atoms with van der Waals surface area (Å²) >= 11 is 0. The van der Waals surface area contributed by atoms with E-state index in [1.807, 2.05) is 24.3 Å². The fraction of sp³-hybridized carbons (Fsp3) is 0.429. The van der Waals surface area contributed by atoms with Gasteiger partial charge in [0.2, 0.25) is 0 Å². The highest BCUT2D eigenvalue weighted by molar-refractivity contribution is 5.77. The van der Waals surface area contributed by atoms with E-state index in [0.29, 0.717) is 5.75 Å². The first-order chi connectivity index (χ1) is 9.26. The van der Waals surface area contributed by atoms with Gasteiger partial charge in [0.15, 0.2) is 6.61 Å². The van der Waals surface area contributed by atoms with Gasteiger partial charge in [-0.3, -0.25) is 4.79 Å². The molecule has 0 bridgehead atoms. The molecule has 0 saturated heterocycles. The van der Waals surface area contributed by atoms with E-state index in [1.165, 1.54) is 0 Å². The second-order valence-corrected chi connectivity index (χ2v) is 4.05. The highest BCUT2D eigenvalue weighted by Crippen LogP contribution is 2.13. The molecule has 1 rings (SSSR count). The van der Waals surface area contributed by atoms with Gasteiger partial charge in [-0.05, 0) is 30.7 Å². The number of hydrogen-bond donors (Lipinski definition) is 2. The first-order valence-corrected chi connectivity index (χ1v) is 6.32. The van der Waals surface area contributed by atoms with Crippen LogP contribution in [0.1, 0.15) is 18.9 Å². The summed E-state index contributed by atoms with van der Waals surface area (Å²) in [4.78, 5) is 11.3. The maximum atomic E-state index is 11.3. The molecule has 0 saturated carbocycles. The number of rotatable bonds is 8. The molecule has 0 unspecified atom stereocenters. The van der Waals surface area contributed by atoms with Crippen molar-refractivity contribution in [1.29, 1.82) is 5.26 Å². The molecular formula is C14H19N3O2. The molecule has 1 aromatic rings. The Bertz CT molecular complexity index is 441. The molecule has 1 amide bonds. The van der Waals surface area contributed by atoms with E-state index in [4.69, 9.17) is 10.00 Å². The minimum atomic E-state index is -0.295. The zero-order valence-electron chi connectivity index (χ0n) is 11.1. The molecular weight excluding hydrogens is 242 g/mol. The average Bonchev–Trinajstić information content (AvgIpc) is 2.44. The van der Waals surface area contributed by atoms with E-state index < -0.39 is 0 Å². The van der Waals surface area contributed by atoms with E-state index in [2.05, 4.69) is 17.6 Å². The molecule has 5 heteroatoms. The van der Waals surface area contributed by atoms with E-state index in [9.17, 15) is 4.79 Å². The van der Waals surface area contributed by atoms with Crippen molar-refractivity contribution in [3.05, 3.63) is 29.8 Å². The molecule has 0 spiro atoms. The predicted molar refractivity (Wildman–Crippen MR) is 72.6 cm³/mol. The van der Waals surface area contributed by atoms with Gasteiger partial charge in [-0.2, -0.15) is 5.26 Å². The third-order valence-electron chi connectivity index (χ3n) is 2.39. The Hall–Kier alpha value is -2.06. The largest absolute Gasteiger partial charge is 0.484 e. The quantitative estimate of drug-likeness (QED) is 0.545. The minimum Gasteiger partial charge on any atom is -0.484 e. The van der Waals surface area contributed by atoms with Crippen LogP contribution in [0, 0.1) is 11.3 Å². The highest BCUT2D eigenvalue weighted by Gasteiger charge is 2.02. The van der Waals surface area contributed by atoms with Gasteiger partial charge in [0, 0.05) is 6.54 Å². The maximum Gasteiger partial charge on any atom is 0.258 e. The lowest BCUT2D eigenvalue weighted by molar-refractivity contribution is -0.122. The number of amides is 1. The van der Waals surface area contributed by atoms with Crippen molar-refractivity contribution in [1.82, 2.24) is 10.6 Å². The Morgan fingerprint density at radius 3 is 3.05 bits per heavy atom. The lowest BCUT2D eigenvalue weighted by Crippen LogP contribution is -2.29. The summed E-state index contributed by atoms with van der Waals surface area (Å²) in [5.74, 6) is 0.360. The Morgan fingerprint density at radius 2 is 2.32 bits per heavy atom. The topological polar surface area (TPSA) is 74.2 Å². The standard InChI is InChI=1S/C14H19N3O2/c1-2-7-16-10-12-4-3-5-13(9-12)19-11-14(18)17-8-6-15/h3-5,9,16H,2,7-8,10-11H2,1H3,(H,17,18). The van der Waals surface area contributed by atoms with E-state index >= 15 is 0 Å². The summed E-state index contributed by atoms with van der Waals surface area (Å²) in [6.45, 7) is 3.80. The van der Waals surface area contributed by atoms with Gasteiger partial charge in [-0.1, -0.05) is 19.1 Å². The highest BCUT2D eigenvalue weighted by atomic mass is 16.5. The molecule has 102 valence electrons. The average molecular weight is 261 g/mol. The number of nitriles is 1. The molecule has 19 heavy (non-hydrogen) atoms. The molecule has 5 nitrogen and oxygen atoms in total. The summed E-state index contributed by atoms with van der Waals surface area (Å²) in [7, 11) is 0. The van der Waals surface area contributed by atoms with Gasteiger partial charge in [0.25, 0.3) is 5.91 Å². The molecule has 0 fully saturated rings. The number of nitrogens with one attached hydrogen (secondary N) is 2. The summed E-state index contributed by atoms with van der Waals surface area (Å²) < 4.78 is 5.36. The molecule has 2 N–H and O–H groups in total. The molecule has 0 radical (unpaired) electrons. The van der Waals surface area contributed by atoms with E-state index in [-0.39, 0.29) is 19.1 Å². The fourth-order valence-corrected chi connectivity index (χ4v) is 1.49. The summed E-state index contributed by atoms with van der Waals surface area (Å²) in [5.41, 5.74) is 1.11. The van der Waals surface area contributed by atoms with Crippen molar-refractivity contribution in [2.24, 2.45) is 0 Å². The molecule has 0 heterocycles. The van der Waals surface area contributed by atoms with Crippen molar-refractivity contribution >= 4 is 5.91 Å². The van der Waals surface area contributed by atoms with Gasteiger partial charge in [0.05, 0.1) is 6.07 Å². The molecule has 1 aromatic carbocycles. The lowest BCUT2D eigenvalue weighted by atomic mass is 10.2. The Morgan fingerprint density at radius 1 is 1.47 bits per heavy atom. The third kappa shape index (κ3) is 6.43. The second-order valence-electron chi connectivity index (χ2n) is 4.05. The zero-order valence-corrected chi connectivity index (χ0v) is 11.1. The molecule has 0 aliphatic heterocycles. The van der Waals surface area contributed by atoms with Crippen molar-refractivity contribution in [3.8, 4) is 11.8 Å². The Kier molecular flexibility index (Phi) is 7.06. The summed E-state index contributed by atoms with van der Waals surface area (Å²) in [6.07, 6.45) is 1.09. The third-order valence-corrected chi connectivity index (χ3v) is 2.39. The fourth-order valence-electron chi connectivity index (χ4n) is 1.49. The van der Waals surface area contributed by atoms with Gasteiger partial charge >= 0.3 is 0 Å². The second kappa shape index (κ2) is 8.95. The van der Waals surface area contributed by atoms with Gasteiger partial charge in [-0.25, -0.2) is 0 Å². The van der Waals surface area contributed by atoms with Crippen LogP contribution in [-0.4, -0.2) is 25.6 Å². The van der Waals surface area contributed by atoms with Gasteiger partial charge < -0.3 is 15.4 Å². The van der Waals surface area contributed by atoms with Gasteiger partial charge in [-0.15, -0.1) is 0 Å². The van der Waals surface area contributed by atoms with Gasteiger partial charge in [0.1, 0.15) is 12.3 Å².